The Bertz CT molecular complexity index is 940. The minimum absolute atomic E-state index is 0.304. The van der Waals surface area contributed by atoms with E-state index in [9.17, 15) is 10.5 Å². The van der Waals surface area contributed by atoms with Gasteiger partial charge in [-0.1, -0.05) is 12.1 Å². The Hall–Kier alpha value is -3.64. The number of nitriles is 2. The highest BCUT2D eigenvalue weighted by atomic mass is 16.3. The van der Waals surface area contributed by atoms with E-state index in [4.69, 9.17) is 10.2 Å². The van der Waals surface area contributed by atoms with Crippen molar-refractivity contribution in [3.8, 4) is 12.1 Å². The van der Waals surface area contributed by atoms with E-state index in [1.807, 2.05) is 24.3 Å². The molecule has 0 aliphatic carbocycles. The maximum absolute atomic E-state index is 9.70. The number of nitrogens with two attached hydrogens (primary N) is 1. The second-order valence-corrected chi connectivity index (χ2v) is 5.21. The molecule has 1 aromatic carbocycles. The molecule has 6 heteroatoms. The molecular weight excluding hydrogens is 290 g/mol. The highest BCUT2D eigenvalue weighted by molar-refractivity contribution is 5.86. The van der Waals surface area contributed by atoms with Gasteiger partial charge in [0.15, 0.2) is 0 Å². The molecule has 0 saturated carbocycles. The number of allylic oxidation sites excluding steroid dienone is 2. The van der Waals surface area contributed by atoms with E-state index in [1.54, 1.807) is 17.0 Å². The predicted molar refractivity (Wildman–Crippen MR) is 83.5 cm³/mol. The molecule has 0 bridgehead atoms. The molecular formula is C17H11N5O. The number of rotatable bonds is 1. The van der Waals surface area contributed by atoms with Gasteiger partial charge in [0.2, 0.25) is 0 Å². The first-order valence-electron chi connectivity index (χ1n) is 7.00. The third kappa shape index (κ3) is 1.66. The molecule has 2 aromatic rings. The lowest BCUT2D eigenvalue weighted by molar-refractivity contribution is 0.500. The van der Waals surface area contributed by atoms with Gasteiger partial charge in [0.25, 0.3) is 0 Å². The van der Waals surface area contributed by atoms with Crippen molar-refractivity contribution in [3.05, 3.63) is 71.2 Å². The van der Waals surface area contributed by atoms with Gasteiger partial charge in [-0.2, -0.15) is 10.5 Å². The summed E-state index contributed by atoms with van der Waals surface area (Å²) in [4.78, 5) is 1.71. The summed E-state index contributed by atoms with van der Waals surface area (Å²) in [5.74, 6) is 0.797. The van der Waals surface area contributed by atoms with Crippen LogP contribution >= 0.6 is 0 Å². The number of nitrogens with zero attached hydrogens (tertiary/aromatic N) is 3. The van der Waals surface area contributed by atoms with Crippen molar-refractivity contribution in [3.63, 3.8) is 0 Å². The van der Waals surface area contributed by atoms with Crippen LogP contribution in [0.3, 0.4) is 0 Å². The molecule has 23 heavy (non-hydrogen) atoms. The number of furan rings is 1. The van der Waals surface area contributed by atoms with Crippen LogP contribution in [-0.2, 0) is 0 Å². The van der Waals surface area contributed by atoms with E-state index < -0.39 is 5.92 Å². The minimum Gasteiger partial charge on any atom is -0.468 e. The lowest BCUT2D eigenvalue weighted by atomic mass is 9.87. The van der Waals surface area contributed by atoms with Gasteiger partial charge in [0, 0.05) is 0 Å². The number of para-hydroxylation sites is 2. The van der Waals surface area contributed by atoms with Gasteiger partial charge in [0.1, 0.15) is 17.4 Å². The molecule has 0 radical (unpaired) electrons. The second kappa shape index (κ2) is 4.69. The molecule has 1 unspecified atom stereocenters. The van der Waals surface area contributed by atoms with Crippen LogP contribution in [0.25, 0.3) is 0 Å². The summed E-state index contributed by atoms with van der Waals surface area (Å²) in [5.41, 5.74) is 8.63. The molecule has 110 valence electrons. The van der Waals surface area contributed by atoms with Crippen LogP contribution in [0.2, 0.25) is 0 Å². The third-order valence-corrected chi connectivity index (χ3v) is 4.04. The maximum atomic E-state index is 9.70. The summed E-state index contributed by atoms with van der Waals surface area (Å²) >= 11 is 0. The zero-order chi connectivity index (χ0) is 16.0. The lowest BCUT2D eigenvalue weighted by Gasteiger charge is -2.30. The smallest absolute Gasteiger partial charge is 0.131 e. The molecule has 1 atom stereocenters. The Morgan fingerprint density at radius 3 is 2.57 bits per heavy atom. The van der Waals surface area contributed by atoms with E-state index in [0.717, 1.165) is 11.4 Å². The molecule has 6 nitrogen and oxygen atoms in total. The van der Waals surface area contributed by atoms with Crippen LogP contribution in [0.4, 0.5) is 11.4 Å². The molecule has 3 heterocycles. The summed E-state index contributed by atoms with van der Waals surface area (Å²) in [7, 11) is 0. The first-order chi connectivity index (χ1) is 11.3. The molecule has 0 spiro atoms. The number of hydrogen-bond donors (Lipinski definition) is 2. The minimum atomic E-state index is -0.604. The van der Waals surface area contributed by atoms with E-state index in [0.29, 0.717) is 28.5 Å². The van der Waals surface area contributed by atoms with Gasteiger partial charge in [-0.3, -0.25) is 4.90 Å². The third-order valence-electron chi connectivity index (χ3n) is 4.04. The predicted octanol–water partition coefficient (Wildman–Crippen LogP) is 2.74. The maximum Gasteiger partial charge on any atom is 0.131 e. The first kappa shape index (κ1) is 13.1. The topological polar surface area (TPSA) is 102 Å². The Kier molecular flexibility index (Phi) is 2.66. The highest BCUT2D eigenvalue weighted by Gasteiger charge is 2.41. The summed E-state index contributed by atoms with van der Waals surface area (Å²) in [6.07, 6.45) is 1.52. The largest absolute Gasteiger partial charge is 0.468 e. The van der Waals surface area contributed by atoms with Crippen molar-refractivity contribution in [1.29, 1.82) is 10.5 Å². The molecule has 3 N–H and O–H groups in total. The fraction of sp³-hybridized carbons (Fsp3) is 0.0588. The molecule has 2 aliphatic heterocycles. The molecule has 0 amide bonds. The van der Waals surface area contributed by atoms with Crippen LogP contribution in [0.1, 0.15) is 11.7 Å². The van der Waals surface area contributed by atoms with Crippen molar-refractivity contribution in [2.45, 2.75) is 5.92 Å². The number of benzene rings is 1. The number of nitrogens with one attached hydrogen (secondary N) is 1. The highest BCUT2D eigenvalue weighted by Crippen LogP contribution is 2.47. The monoisotopic (exact) mass is 301 g/mol. The average molecular weight is 301 g/mol. The number of anilines is 2. The normalized spacial score (nSPS) is 18.9. The van der Waals surface area contributed by atoms with Gasteiger partial charge in [-0.15, -0.1) is 0 Å². The summed E-state index contributed by atoms with van der Waals surface area (Å²) in [5, 5.41) is 22.5. The summed E-state index contributed by atoms with van der Waals surface area (Å²) in [6.45, 7) is 0. The Labute approximate surface area is 132 Å². The molecule has 0 saturated heterocycles. The number of hydrogen-bond acceptors (Lipinski definition) is 6. The second-order valence-electron chi connectivity index (χ2n) is 5.21. The SMILES string of the molecule is N#CC1=C(N)N2C(=C(C#N)C1c1ccco1)Nc1ccccc12. The molecule has 1 aromatic heterocycles. The zero-order valence-corrected chi connectivity index (χ0v) is 11.9. The van der Waals surface area contributed by atoms with Crippen LogP contribution in [0, 0.1) is 22.7 Å². The van der Waals surface area contributed by atoms with E-state index in [2.05, 4.69) is 17.5 Å². The Balaban J connectivity index is 1.99. The van der Waals surface area contributed by atoms with E-state index in [-0.39, 0.29) is 0 Å². The fourth-order valence-corrected chi connectivity index (χ4v) is 3.05. The summed E-state index contributed by atoms with van der Waals surface area (Å²) < 4.78 is 5.44. The van der Waals surface area contributed by atoms with Crippen LogP contribution in [0.5, 0.6) is 0 Å². The first-order valence-corrected chi connectivity index (χ1v) is 7.00. The van der Waals surface area contributed by atoms with Crippen molar-refractivity contribution in [1.82, 2.24) is 0 Å². The van der Waals surface area contributed by atoms with Gasteiger partial charge >= 0.3 is 0 Å². The van der Waals surface area contributed by atoms with E-state index in [1.165, 1.54) is 6.26 Å². The average Bonchev–Trinajstić information content (AvgIpc) is 3.22. The summed E-state index contributed by atoms with van der Waals surface area (Å²) in [6, 6.07) is 15.4. The van der Waals surface area contributed by atoms with Crippen molar-refractivity contribution >= 4 is 11.4 Å². The fourth-order valence-electron chi connectivity index (χ4n) is 3.05. The van der Waals surface area contributed by atoms with Gasteiger partial charge in [-0.25, -0.2) is 0 Å². The van der Waals surface area contributed by atoms with E-state index >= 15 is 0 Å². The zero-order valence-electron chi connectivity index (χ0n) is 11.9. The van der Waals surface area contributed by atoms with Gasteiger partial charge in [-0.05, 0) is 24.3 Å². The van der Waals surface area contributed by atoms with Gasteiger partial charge in [0.05, 0.1) is 46.8 Å². The van der Waals surface area contributed by atoms with Crippen LogP contribution in [-0.4, -0.2) is 0 Å². The van der Waals surface area contributed by atoms with Crippen LogP contribution in [0.15, 0.2) is 69.9 Å². The molecule has 2 aliphatic rings. The standard InChI is InChI=1S/C17H11N5O/c18-8-10-15(14-6-3-7-23-14)11(9-19)17-21-12-4-1-2-5-13(12)22(17)16(10)20/h1-7,15,21H,20H2. The Morgan fingerprint density at radius 1 is 1.09 bits per heavy atom. The quantitative estimate of drug-likeness (QED) is 0.839. The van der Waals surface area contributed by atoms with Crippen molar-refractivity contribution in [2.24, 2.45) is 5.73 Å². The van der Waals surface area contributed by atoms with Crippen molar-refractivity contribution in [2.75, 3.05) is 10.2 Å². The molecule has 0 fully saturated rings. The lowest BCUT2D eigenvalue weighted by Crippen LogP contribution is -2.34. The number of fused-ring (bicyclic) bond motifs is 3. The molecule has 4 rings (SSSR count). The van der Waals surface area contributed by atoms with Crippen LogP contribution < -0.4 is 16.0 Å². The van der Waals surface area contributed by atoms with Crippen molar-refractivity contribution < 1.29 is 4.42 Å². The Morgan fingerprint density at radius 2 is 1.87 bits per heavy atom. The van der Waals surface area contributed by atoms with Gasteiger partial charge < -0.3 is 15.5 Å².